The average molecular weight is 366 g/mol. The monoisotopic (exact) mass is 365 g/mol. The van der Waals surface area contributed by atoms with Gasteiger partial charge in [0.25, 0.3) is 5.91 Å². The van der Waals surface area contributed by atoms with Gasteiger partial charge < -0.3 is 10.2 Å². The fraction of sp³-hybridized carbons (Fsp3) is 0.333. The van der Waals surface area contributed by atoms with Gasteiger partial charge in [-0.05, 0) is 62.5 Å². The van der Waals surface area contributed by atoms with Crippen molar-refractivity contribution in [2.24, 2.45) is 0 Å². The highest BCUT2D eigenvalue weighted by atomic mass is 32.1. The number of aromatic nitrogens is 1. The molecule has 4 nitrogen and oxygen atoms in total. The molecule has 0 bridgehead atoms. The Kier molecular flexibility index (Phi) is 5.00. The molecular weight excluding hydrogens is 342 g/mol. The zero-order chi connectivity index (χ0) is 17.9. The molecule has 0 radical (unpaired) electrons. The second kappa shape index (κ2) is 7.56. The number of nitrogens with one attached hydrogen (secondary N) is 1. The van der Waals surface area contributed by atoms with Crippen LogP contribution in [0, 0.1) is 6.92 Å². The van der Waals surface area contributed by atoms with Gasteiger partial charge in [-0.2, -0.15) is 11.3 Å². The summed E-state index contributed by atoms with van der Waals surface area (Å²) in [7, 11) is 0. The molecule has 0 aliphatic carbocycles. The molecule has 1 aliphatic heterocycles. The van der Waals surface area contributed by atoms with E-state index >= 15 is 0 Å². The zero-order valence-corrected chi connectivity index (χ0v) is 15.8. The fourth-order valence-corrected chi connectivity index (χ4v) is 4.16. The topological polar surface area (TPSA) is 45.2 Å². The number of hydrogen-bond donors (Lipinski definition) is 1. The van der Waals surface area contributed by atoms with E-state index in [9.17, 15) is 4.79 Å². The Balaban J connectivity index is 1.62. The van der Waals surface area contributed by atoms with Crippen molar-refractivity contribution in [3.63, 3.8) is 0 Å². The Morgan fingerprint density at radius 1 is 1.23 bits per heavy atom. The van der Waals surface area contributed by atoms with E-state index in [4.69, 9.17) is 4.98 Å². The molecule has 0 spiro atoms. The van der Waals surface area contributed by atoms with Crippen LogP contribution in [0.15, 0.2) is 41.1 Å². The number of amides is 1. The van der Waals surface area contributed by atoms with E-state index in [1.54, 1.807) is 11.3 Å². The molecule has 26 heavy (non-hydrogen) atoms. The lowest BCUT2D eigenvalue weighted by Gasteiger charge is -2.15. The highest BCUT2D eigenvalue weighted by Crippen LogP contribution is 2.27. The van der Waals surface area contributed by atoms with Crippen LogP contribution in [0.25, 0.3) is 22.2 Å². The molecular formula is C21H23N3OS. The van der Waals surface area contributed by atoms with Crippen LogP contribution in [0.2, 0.25) is 0 Å². The first kappa shape index (κ1) is 17.2. The van der Waals surface area contributed by atoms with E-state index in [2.05, 4.69) is 21.7 Å². The van der Waals surface area contributed by atoms with Gasteiger partial charge >= 0.3 is 0 Å². The van der Waals surface area contributed by atoms with Crippen molar-refractivity contribution in [3.05, 3.63) is 52.2 Å². The third-order valence-corrected chi connectivity index (χ3v) is 5.62. The smallest absolute Gasteiger partial charge is 0.252 e. The molecule has 3 aromatic rings. The van der Waals surface area contributed by atoms with Crippen molar-refractivity contribution in [1.82, 2.24) is 15.2 Å². The van der Waals surface area contributed by atoms with Crippen LogP contribution in [-0.4, -0.2) is 42.0 Å². The minimum absolute atomic E-state index is 0.0151. The molecule has 1 aromatic carbocycles. The predicted molar refractivity (Wildman–Crippen MR) is 108 cm³/mol. The summed E-state index contributed by atoms with van der Waals surface area (Å²) in [4.78, 5) is 20.1. The maximum Gasteiger partial charge on any atom is 0.252 e. The number of hydrogen-bond acceptors (Lipinski definition) is 4. The van der Waals surface area contributed by atoms with E-state index < -0.39 is 0 Å². The summed E-state index contributed by atoms with van der Waals surface area (Å²) in [6.07, 6.45) is 2.54. The first-order chi connectivity index (χ1) is 12.7. The maximum absolute atomic E-state index is 12.9. The first-order valence-electron chi connectivity index (χ1n) is 9.15. The lowest BCUT2D eigenvalue weighted by molar-refractivity contribution is 0.0951. The number of carbonyl (C=O) groups is 1. The molecule has 1 saturated heterocycles. The summed E-state index contributed by atoms with van der Waals surface area (Å²) in [5, 5.41) is 8.12. The summed E-state index contributed by atoms with van der Waals surface area (Å²) in [6, 6.07) is 10.1. The lowest BCUT2D eigenvalue weighted by Crippen LogP contribution is -2.33. The van der Waals surface area contributed by atoms with E-state index in [-0.39, 0.29) is 5.91 Å². The molecule has 0 unspecified atom stereocenters. The molecule has 5 heteroatoms. The number of benzene rings is 1. The molecule has 134 valence electrons. The largest absolute Gasteiger partial charge is 0.351 e. The average Bonchev–Trinajstić information content (AvgIpc) is 3.34. The summed E-state index contributed by atoms with van der Waals surface area (Å²) < 4.78 is 0. The number of thiophene rings is 1. The van der Waals surface area contributed by atoms with E-state index in [0.29, 0.717) is 12.1 Å². The molecule has 1 N–H and O–H groups in total. The highest BCUT2D eigenvalue weighted by molar-refractivity contribution is 7.08. The zero-order valence-electron chi connectivity index (χ0n) is 15.0. The van der Waals surface area contributed by atoms with Crippen molar-refractivity contribution in [2.45, 2.75) is 19.8 Å². The molecule has 4 rings (SSSR count). The standard InChI is InChI=1S/C21H23N3OS/c1-15-4-5-19-17(12-15)18(13-20(23-19)16-6-11-26-14-16)21(25)22-7-10-24-8-2-3-9-24/h4-6,11-14H,2-3,7-10H2,1H3,(H,22,25). The van der Waals surface area contributed by atoms with E-state index in [1.165, 1.54) is 12.8 Å². The van der Waals surface area contributed by atoms with Gasteiger partial charge in [0.2, 0.25) is 0 Å². The van der Waals surface area contributed by atoms with E-state index in [0.717, 1.165) is 47.4 Å². The normalized spacial score (nSPS) is 14.8. The number of carbonyl (C=O) groups excluding carboxylic acids is 1. The SMILES string of the molecule is Cc1ccc2nc(-c3ccsc3)cc(C(=O)NCCN3CCCC3)c2c1. The second-order valence-corrected chi connectivity index (χ2v) is 7.67. The highest BCUT2D eigenvalue weighted by Gasteiger charge is 2.16. The summed E-state index contributed by atoms with van der Waals surface area (Å²) >= 11 is 1.64. The van der Waals surface area contributed by atoms with Gasteiger partial charge in [-0.15, -0.1) is 0 Å². The fourth-order valence-electron chi connectivity index (χ4n) is 3.51. The molecule has 3 heterocycles. The molecule has 2 aromatic heterocycles. The van der Waals surface area contributed by atoms with Gasteiger partial charge in [0.15, 0.2) is 0 Å². The molecule has 1 fully saturated rings. The molecule has 0 saturated carbocycles. The van der Waals surface area contributed by atoms with Gasteiger partial charge in [0.1, 0.15) is 0 Å². The number of fused-ring (bicyclic) bond motifs is 1. The van der Waals surface area contributed by atoms with Crippen LogP contribution in [0.3, 0.4) is 0 Å². The van der Waals surface area contributed by atoms with Gasteiger partial charge in [-0.1, -0.05) is 11.6 Å². The van der Waals surface area contributed by atoms with Crippen molar-refractivity contribution in [3.8, 4) is 11.3 Å². The van der Waals surface area contributed by atoms with Crippen LogP contribution >= 0.6 is 11.3 Å². The Bertz CT molecular complexity index is 914. The van der Waals surface area contributed by atoms with Gasteiger partial charge in [-0.3, -0.25) is 4.79 Å². The Morgan fingerprint density at radius 3 is 2.85 bits per heavy atom. The number of likely N-dealkylation sites (tertiary alicyclic amines) is 1. The third-order valence-electron chi connectivity index (χ3n) is 4.94. The van der Waals surface area contributed by atoms with Gasteiger partial charge in [0.05, 0.1) is 16.8 Å². The van der Waals surface area contributed by atoms with Crippen molar-refractivity contribution >= 4 is 28.1 Å². The number of pyridine rings is 1. The van der Waals surface area contributed by atoms with E-state index in [1.807, 2.05) is 36.6 Å². The molecule has 0 atom stereocenters. The first-order valence-corrected chi connectivity index (χ1v) is 10.1. The lowest BCUT2D eigenvalue weighted by atomic mass is 10.0. The van der Waals surface area contributed by atoms with Crippen LogP contribution in [0.1, 0.15) is 28.8 Å². The van der Waals surface area contributed by atoms with Gasteiger partial charge in [0, 0.05) is 29.4 Å². The summed E-state index contributed by atoms with van der Waals surface area (Å²) in [5.41, 5.74) is 4.62. The number of nitrogens with zero attached hydrogens (tertiary/aromatic N) is 2. The van der Waals surface area contributed by atoms with Crippen molar-refractivity contribution < 1.29 is 4.79 Å². The molecule has 1 aliphatic rings. The Hall–Kier alpha value is -2.24. The van der Waals surface area contributed by atoms with Crippen LogP contribution in [0.5, 0.6) is 0 Å². The van der Waals surface area contributed by atoms with Crippen molar-refractivity contribution in [1.29, 1.82) is 0 Å². The maximum atomic E-state index is 12.9. The predicted octanol–water partition coefficient (Wildman–Crippen LogP) is 4.10. The number of rotatable bonds is 5. The van der Waals surface area contributed by atoms with Crippen LogP contribution < -0.4 is 5.32 Å². The van der Waals surface area contributed by atoms with Crippen LogP contribution in [-0.2, 0) is 0 Å². The molecule has 1 amide bonds. The van der Waals surface area contributed by atoms with Gasteiger partial charge in [-0.25, -0.2) is 4.98 Å². The van der Waals surface area contributed by atoms with Crippen LogP contribution in [0.4, 0.5) is 0 Å². The second-order valence-electron chi connectivity index (χ2n) is 6.89. The Morgan fingerprint density at radius 2 is 2.08 bits per heavy atom. The Labute approximate surface area is 157 Å². The minimum Gasteiger partial charge on any atom is -0.351 e. The third kappa shape index (κ3) is 3.64. The summed E-state index contributed by atoms with van der Waals surface area (Å²) in [6.45, 7) is 5.94. The van der Waals surface area contributed by atoms with Crippen molar-refractivity contribution in [2.75, 3.05) is 26.2 Å². The minimum atomic E-state index is -0.0151. The number of aryl methyl sites for hydroxylation is 1. The summed E-state index contributed by atoms with van der Waals surface area (Å²) in [5.74, 6) is -0.0151. The quantitative estimate of drug-likeness (QED) is 0.740.